The molecule has 0 saturated heterocycles. The van der Waals surface area contributed by atoms with Crippen molar-refractivity contribution in [2.75, 3.05) is 5.73 Å². The summed E-state index contributed by atoms with van der Waals surface area (Å²) in [6.45, 7) is 1.76. The first kappa shape index (κ1) is 6.49. The second-order valence-electron chi connectivity index (χ2n) is 1.90. The van der Waals surface area contributed by atoms with Gasteiger partial charge in [0.05, 0.1) is 11.3 Å². The number of nitrogens with two attached hydrogens (primary N) is 1. The first-order valence-electron chi connectivity index (χ1n) is 2.74. The van der Waals surface area contributed by atoms with Crippen LogP contribution in [-0.4, -0.2) is 10.2 Å². The maximum absolute atomic E-state index is 8.45. The van der Waals surface area contributed by atoms with E-state index in [1.807, 2.05) is 6.07 Å². The van der Waals surface area contributed by atoms with Crippen molar-refractivity contribution in [2.45, 2.75) is 6.92 Å². The molecule has 0 aromatic carbocycles. The predicted octanol–water partition coefficient (Wildman–Crippen LogP) is 0.239. The van der Waals surface area contributed by atoms with Crippen LogP contribution in [-0.2, 0) is 0 Å². The monoisotopic (exact) mass is 134 g/mol. The molecule has 1 heterocycles. The van der Waals surface area contributed by atoms with Crippen molar-refractivity contribution in [1.82, 2.24) is 10.2 Å². The summed E-state index contributed by atoms with van der Waals surface area (Å²) in [5.74, 6) is 0.188. The van der Waals surface area contributed by atoms with Crippen LogP contribution in [0.4, 0.5) is 5.82 Å². The fraction of sp³-hybridized carbons (Fsp3) is 0.167. The zero-order valence-electron chi connectivity index (χ0n) is 5.50. The molecule has 0 bridgehead atoms. The molecule has 1 aromatic rings. The zero-order valence-corrected chi connectivity index (χ0v) is 5.50. The van der Waals surface area contributed by atoms with Crippen LogP contribution in [0.25, 0.3) is 0 Å². The van der Waals surface area contributed by atoms with Crippen molar-refractivity contribution < 1.29 is 0 Å². The normalized spacial score (nSPS) is 8.80. The van der Waals surface area contributed by atoms with E-state index in [2.05, 4.69) is 10.2 Å². The highest BCUT2D eigenvalue weighted by atomic mass is 15.1. The van der Waals surface area contributed by atoms with Crippen LogP contribution in [0.2, 0.25) is 0 Å². The first-order chi connectivity index (χ1) is 4.74. The first-order valence-corrected chi connectivity index (χ1v) is 2.74. The van der Waals surface area contributed by atoms with Gasteiger partial charge in [-0.05, 0) is 13.0 Å². The summed E-state index contributed by atoms with van der Waals surface area (Å²) in [4.78, 5) is 0. The van der Waals surface area contributed by atoms with Gasteiger partial charge in [0, 0.05) is 0 Å². The maximum atomic E-state index is 8.45. The topological polar surface area (TPSA) is 75.6 Å². The molecule has 0 fully saturated rings. The summed E-state index contributed by atoms with van der Waals surface area (Å²) in [5.41, 5.74) is 6.39. The Morgan fingerprint density at radius 3 is 2.80 bits per heavy atom. The standard InChI is InChI=1S/C6H6N4/c1-4-2-5(3-7)6(8)10-9-4/h2H,1H3,(H2,8,10). The van der Waals surface area contributed by atoms with Gasteiger partial charge in [-0.25, -0.2) is 0 Å². The van der Waals surface area contributed by atoms with Gasteiger partial charge >= 0.3 is 0 Å². The number of nitrogens with zero attached hydrogens (tertiary/aromatic N) is 3. The van der Waals surface area contributed by atoms with Crippen LogP contribution in [0.3, 0.4) is 0 Å². The van der Waals surface area contributed by atoms with E-state index in [1.165, 1.54) is 0 Å². The van der Waals surface area contributed by atoms with Gasteiger partial charge < -0.3 is 5.73 Å². The number of anilines is 1. The SMILES string of the molecule is Cc1cc(C#N)c(N)nn1. The molecular formula is C6H6N4. The molecule has 2 N–H and O–H groups in total. The molecule has 50 valence electrons. The Morgan fingerprint density at radius 2 is 2.30 bits per heavy atom. The number of hydrogen-bond donors (Lipinski definition) is 1. The Balaban J connectivity index is 3.25. The highest BCUT2D eigenvalue weighted by Crippen LogP contribution is 2.04. The zero-order chi connectivity index (χ0) is 7.56. The molecule has 0 aliphatic carbocycles. The molecule has 0 aliphatic rings. The van der Waals surface area contributed by atoms with Crippen LogP contribution in [0, 0.1) is 18.3 Å². The average molecular weight is 134 g/mol. The highest BCUT2D eigenvalue weighted by molar-refractivity contribution is 5.47. The Kier molecular flexibility index (Phi) is 1.50. The Morgan fingerprint density at radius 1 is 1.60 bits per heavy atom. The van der Waals surface area contributed by atoms with Crippen LogP contribution in [0.5, 0.6) is 0 Å². The average Bonchev–Trinajstić information content (AvgIpc) is 1.94. The molecule has 0 saturated carbocycles. The Bertz CT molecular complexity index is 286. The molecule has 4 heteroatoms. The van der Waals surface area contributed by atoms with Crippen molar-refractivity contribution in [2.24, 2.45) is 0 Å². The summed E-state index contributed by atoms with van der Waals surface area (Å²) in [5, 5.41) is 15.7. The van der Waals surface area contributed by atoms with E-state index < -0.39 is 0 Å². The number of hydrogen-bond acceptors (Lipinski definition) is 4. The second kappa shape index (κ2) is 2.31. The van der Waals surface area contributed by atoms with Crippen LogP contribution in [0.15, 0.2) is 6.07 Å². The minimum absolute atomic E-state index is 0.188. The van der Waals surface area contributed by atoms with E-state index in [0.29, 0.717) is 11.3 Å². The van der Waals surface area contributed by atoms with E-state index in [0.717, 1.165) is 0 Å². The van der Waals surface area contributed by atoms with Crippen molar-refractivity contribution in [3.05, 3.63) is 17.3 Å². The maximum Gasteiger partial charge on any atom is 0.164 e. The van der Waals surface area contributed by atoms with E-state index in [9.17, 15) is 0 Å². The molecule has 0 aliphatic heterocycles. The summed E-state index contributed by atoms with van der Waals surface area (Å²) in [6, 6.07) is 3.51. The Labute approximate surface area is 58.3 Å². The summed E-state index contributed by atoms with van der Waals surface area (Å²) in [6.07, 6.45) is 0. The smallest absolute Gasteiger partial charge is 0.164 e. The molecule has 10 heavy (non-hydrogen) atoms. The third-order valence-electron chi connectivity index (χ3n) is 1.07. The van der Waals surface area contributed by atoms with Gasteiger partial charge in [-0.2, -0.15) is 10.4 Å². The number of nitriles is 1. The van der Waals surface area contributed by atoms with Crippen LogP contribution >= 0.6 is 0 Å². The molecule has 0 amide bonds. The summed E-state index contributed by atoms with van der Waals surface area (Å²) >= 11 is 0. The minimum Gasteiger partial charge on any atom is -0.381 e. The van der Waals surface area contributed by atoms with Gasteiger partial charge in [-0.15, -0.1) is 5.10 Å². The highest BCUT2D eigenvalue weighted by Gasteiger charge is 1.98. The molecule has 0 spiro atoms. The fourth-order valence-corrected chi connectivity index (χ4v) is 0.588. The molecule has 0 radical (unpaired) electrons. The Hall–Kier alpha value is -1.63. The lowest BCUT2D eigenvalue weighted by atomic mass is 10.3. The predicted molar refractivity (Wildman–Crippen MR) is 35.9 cm³/mol. The summed E-state index contributed by atoms with van der Waals surface area (Å²) in [7, 11) is 0. The molecular weight excluding hydrogens is 128 g/mol. The molecule has 1 rings (SSSR count). The van der Waals surface area contributed by atoms with Gasteiger partial charge in [-0.1, -0.05) is 0 Å². The minimum atomic E-state index is 0.188. The van der Waals surface area contributed by atoms with Crippen LogP contribution in [0.1, 0.15) is 11.3 Å². The van der Waals surface area contributed by atoms with Gasteiger partial charge in [0.1, 0.15) is 6.07 Å². The number of rotatable bonds is 0. The van der Waals surface area contributed by atoms with Crippen molar-refractivity contribution in [3.8, 4) is 6.07 Å². The fourth-order valence-electron chi connectivity index (χ4n) is 0.588. The van der Waals surface area contributed by atoms with Crippen LogP contribution < -0.4 is 5.73 Å². The number of aromatic nitrogens is 2. The van der Waals surface area contributed by atoms with Gasteiger partial charge in [0.15, 0.2) is 5.82 Å². The van der Waals surface area contributed by atoms with E-state index in [4.69, 9.17) is 11.0 Å². The van der Waals surface area contributed by atoms with Gasteiger partial charge in [-0.3, -0.25) is 0 Å². The third-order valence-corrected chi connectivity index (χ3v) is 1.07. The lowest BCUT2D eigenvalue weighted by Crippen LogP contribution is -1.97. The van der Waals surface area contributed by atoms with Crippen molar-refractivity contribution in [3.63, 3.8) is 0 Å². The molecule has 4 nitrogen and oxygen atoms in total. The van der Waals surface area contributed by atoms with Gasteiger partial charge in [0.2, 0.25) is 0 Å². The molecule has 0 unspecified atom stereocenters. The molecule has 1 aromatic heterocycles. The number of aryl methyl sites for hydroxylation is 1. The van der Waals surface area contributed by atoms with Crippen molar-refractivity contribution in [1.29, 1.82) is 5.26 Å². The lowest BCUT2D eigenvalue weighted by Gasteiger charge is -1.93. The summed E-state index contributed by atoms with van der Waals surface area (Å²) < 4.78 is 0. The van der Waals surface area contributed by atoms with E-state index in [1.54, 1.807) is 13.0 Å². The number of nitrogen functional groups attached to an aromatic ring is 1. The van der Waals surface area contributed by atoms with E-state index in [-0.39, 0.29) is 5.82 Å². The second-order valence-corrected chi connectivity index (χ2v) is 1.90. The largest absolute Gasteiger partial charge is 0.381 e. The quantitative estimate of drug-likeness (QED) is 0.551. The molecule has 0 atom stereocenters. The van der Waals surface area contributed by atoms with Crippen molar-refractivity contribution >= 4 is 5.82 Å². The van der Waals surface area contributed by atoms with Gasteiger partial charge in [0.25, 0.3) is 0 Å². The third kappa shape index (κ3) is 1.03. The van der Waals surface area contributed by atoms with E-state index >= 15 is 0 Å². The lowest BCUT2D eigenvalue weighted by molar-refractivity contribution is 0.985.